The summed E-state index contributed by atoms with van der Waals surface area (Å²) in [6.07, 6.45) is 1.69. The summed E-state index contributed by atoms with van der Waals surface area (Å²) in [5, 5.41) is 2.69. The smallest absolute Gasteiger partial charge is 0.221 e. The zero-order valence-corrected chi connectivity index (χ0v) is 8.99. The average Bonchev–Trinajstić information content (AvgIpc) is 2.20. The topological polar surface area (TPSA) is 46.2 Å². The van der Waals surface area contributed by atoms with Crippen molar-refractivity contribution < 1.29 is 9.59 Å². The van der Waals surface area contributed by atoms with Gasteiger partial charge in [-0.05, 0) is 24.1 Å². The minimum atomic E-state index is -0.0796. The van der Waals surface area contributed by atoms with Gasteiger partial charge in [0.2, 0.25) is 5.91 Å². The second-order valence-electron chi connectivity index (χ2n) is 3.70. The van der Waals surface area contributed by atoms with E-state index in [2.05, 4.69) is 5.32 Å². The Kier molecular flexibility index (Phi) is 4.03. The number of aldehydes is 1. The number of hydrogen-bond acceptors (Lipinski definition) is 2. The number of carbonyl (C=O) groups excluding carboxylic acids is 2. The fraction of sp³-hybridized carbons (Fsp3) is 0.333. The molecule has 0 saturated carbocycles. The third-order valence-electron chi connectivity index (χ3n) is 2.06. The zero-order chi connectivity index (χ0) is 11.3. The largest absolute Gasteiger partial charge is 0.326 e. The van der Waals surface area contributed by atoms with Crippen LogP contribution in [0.1, 0.15) is 19.4 Å². The van der Waals surface area contributed by atoms with Crippen molar-refractivity contribution in [2.24, 2.45) is 5.92 Å². The van der Waals surface area contributed by atoms with Crippen molar-refractivity contribution >= 4 is 17.9 Å². The lowest BCUT2D eigenvalue weighted by atomic mass is 10.0. The molecule has 0 aliphatic rings. The van der Waals surface area contributed by atoms with Gasteiger partial charge in [-0.25, -0.2) is 0 Å². The van der Waals surface area contributed by atoms with E-state index >= 15 is 0 Å². The van der Waals surface area contributed by atoms with Crippen molar-refractivity contribution in [1.29, 1.82) is 0 Å². The average molecular weight is 205 g/mol. The fourth-order valence-electron chi connectivity index (χ4n) is 1.35. The summed E-state index contributed by atoms with van der Waals surface area (Å²) in [6, 6.07) is 7.53. The first-order valence-corrected chi connectivity index (χ1v) is 4.93. The molecule has 0 fully saturated rings. The van der Waals surface area contributed by atoms with E-state index in [1.807, 2.05) is 31.2 Å². The van der Waals surface area contributed by atoms with E-state index in [1.165, 1.54) is 6.92 Å². The maximum absolute atomic E-state index is 10.8. The maximum atomic E-state index is 10.8. The van der Waals surface area contributed by atoms with Crippen LogP contribution in [0.3, 0.4) is 0 Å². The van der Waals surface area contributed by atoms with Gasteiger partial charge in [-0.2, -0.15) is 0 Å². The van der Waals surface area contributed by atoms with E-state index in [9.17, 15) is 9.59 Å². The number of nitrogens with one attached hydrogen (secondary N) is 1. The van der Waals surface area contributed by atoms with Gasteiger partial charge in [-0.3, -0.25) is 4.79 Å². The minimum Gasteiger partial charge on any atom is -0.326 e. The molecule has 3 heteroatoms. The highest BCUT2D eigenvalue weighted by Crippen LogP contribution is 2.12. The van der Waals surface area contributed by atoms with Crippen LogP contribution in [-0.4, -0.2) is 12.2 Å². The maximum Gasteiger partial charge on any atom is 0.221 e. The molecule has 0 aliphatic heterocycles. The van der Waals surface area contributed by atoms with Crippen LogP contribution in [-0.2, 0) is 16.0 Å². The van der Waals surface area contributed by atoms with Crippen LogP contribution in [0.2, 0.25) is 0 Å². The van der Waals surface area contributed by atoms with E-state index in [0.29, 0.717) is 0 Å². The standard InChI is InChI=1S/C12H15NO2/c1-9(8-14)7-11-3-5-12(6-4-11)13-10(2)15/h3-6,8-9H,7H2,1-2H3,(H,13,15). The summed E-state index contributed by atoms with van der Waals surface area (Å²) >= 11 is 0. The van der Waals surface area contributed by atoms with Crippen LogP contribution in [0, 0.1) is 5.92 Å². The molecule has 0 radical (unpaired) electrons. The molecule has 1 aromatic carbocycles. The van der Waals surface area contributed by atoms with Crippen molar-refractivity contribution in [2.45, 2.75) is 20.3 Å². The lowest BCUT2D eigenvalue weighted by Gasteiger charge is -2.05. The second kappa shape index (κ2) is 5.29. The van der Waals surface area contributed by atoms with E-state index in [1.54, 1.807) is 0 Å². The van der Waals surface area contributed by atoms with Crippen LogP contribution in [0.5, 0.6) is 0 Å². The Morgan fingerprint density at radius 3 is 2.47 bits per heavy atom. The fourth-order valence-corrected chi connectivity index (χ4v) is 1.35. The van der Waals surface area contributed by atoms with Gasteiger partial charge in [0.05, 0.1) is 0 Å². The minimum absolute atomic E-state index is 0.0385. The van der Waals surface area contributed by atoms with Gasteiger partial charge in [-0.15, -0.1) is 0 Å². The summed E-state index contributed by atoms with van der Waals surface area (Å²) in [6.45, 7) is 3.36. The number of rotatable bonds is 4. The van der Waals surface area contributed by atoms with Crippen molar-refractivity contribution in [3.05, 3.63) is 29.8 Å². The van der Waals surface area contributed by atoms with E-state index in [0.717, 1.165) is 24.0 Å². The monoisotopic (exact) mass is 205 g/mol. The lowest BCUT2D eigenvalue weighted by Crippen LogP contribution is -2.06. The number of anilines is 1. The SMILES string of the molecule is CC(=O)Nc1ccc(CC(C)C=O)cc1. The van der Waals surface area contributed by atoms with Crippen LogP contribution < -0.4 is 5.32 Å². The Balaban J connectivity index is 2.63. The summed E-state index contributed by atoms with van der Waals surface area (Å²) < 4.78 is 0. The Bertz CT molecular complexity index is 343. The lowest BCUT2D eigenvalue weighted by molar-refractivity contribution is -0.114. The highest BCUT2D eigenvalue weighted by atomic mass is 16.1. The molecule has 15 heavy (non-hydrogen) atoms. The van der Waals surface area contributed by atoms with Crippen LogP contribution >= 0.6 is 0 Å². The van der Waals surface area contributed by atoms with Crippen LogP contribution in [0.4, 0.5) is 5.69 Å². The number of hydrogen-bond donors (Lipinski definition) is 1. The summed E-state index contributed by atoms with van der Waals surface area (Å²) in [5.41, 5.74) is 1.88. The Hall–Kier alpha value is -1.64. The molecule has 0 spiro atoms. The molecule has 0 aromatic heterocycles. The molecule has 0 saturated heterocycles. The molecule has 0 heterocycles. The van der Waals surface area contributed by atoms with Gasteiger partial charge in [0.1, 0.15) is 6.29 Å². The summed E-state index contributed by atoms with van der Waals surface area (Å²) in [5.74, 6) is -0.0411. The second-order valence-corrected chi connectivity index (χ2v) is 3.70. The van der Waals surface area contributed by atoms with Crippen LogP contribution in [0.15, 0.2) is 24.3 Å². The third kappa shape index (κ3) is 3.94. The van der Waals surface area contributed by atoms with Gasteiger partial charge < -0.3 is 10.1 Å². The highest BCUT2D eigenvalue weighted by molar-refractivity contribution is 5.88. The van der Waals surface area contributed by atoms with Crippen molar-refractivity contribution in [3.63, 3.8) is 0 Å². The number of amides is 1. The zero-order valence-electron chi connectivity index (χ0n) is 8.99. The molecule has 0 aliphatic carbocycles. The molecule has 3 nitrogen and oxygen atoms in total. The number of carbonyl (C=O) groups is 2. The van der Waals surface area contributed by atoms with Crippen molar-refractivity contribution in [1.82, 2.24) is 0 Å². The Morgan fingerprint density at radius 1 is 1.40 bits per heavy atom. The molecule has 1 rings (SSSR count). The Morgan fingerprint density at radius 2 is 2.00 bits per heavy atom. The predicted octanol–water partition coefficient (Wildman–Crippen LogP) is 2.02. The molecule has 1 unspecified atom stereocenters. The van der Waals surface area contributed by atoms with Gasteiger partial charge in [0.15, 0.2) is 0 Å². The number of benzene rings is 1. The summed E-state index contributed by atoms with van der Waals surface area (Å²) in [4.78, 5) is 21.2. The van der Waals surface area contributed by atoms with Crippen molar-refractivity contribution in [3.8, 4) is 0 Å². The molecular weight excluding hydrogens is 190 g/mol. The van der Waals surface area contributed by atoms with E-state index in [-0.39, 0.29) is 11.8 Å². The molecule has 1 atom stereocenters. The first kappa shape index (κ1) is 11.4. The quantitative estimate of drug-likeness (QED) is 0.764. The third-order valence-corrected chi connectivity index (χ3v) is 2.06. The normalized spacial score (nSPS) is 11.9. The first-order valence-electron chi connectivity index (χ1n) is 4.93. The van der Waals surface area contributed by atoms with Gasteiger partial charge >= 0.3 is 0 Å². The molecule has 1 amide bonds. The van der Waals surface area contributed by atoms with Gasteiger partial charge in [0, 0.05) is 18.5 Å². The molecule has 0 bridgehead atoms. The van der Waals surface area contributed by atoms with Gasteiger partial charge in [0.25, 0.3) is 0 Å². The van der Waals surface area contributed by atoms with E-state index in [4.69, 9.17) is 0 Å². The Labute approximate surface area is 89.5 Å². The van der Waals surface area contributed by atoms with E-state index < -0.39 is 0 Å². The summed E-state index contributed by atoms with van der Waals surface area (Å²) in [7, 11) is 0. The predicted molar refractivity (Wildman–Crippen MR) is 59.7 cm³/mol. The molecular formula is C12H15NO2. The molecule has 1 aromatic rings. The van der Waals surface area contributed by atoms with Crippen molar-refractivity contribution in [2.75, 3.05) is 5.32 Å². The van der Waals surface area contributed by atoms with Gasteiger partial charge in [-0.1, -0.05) is 19.1 Å². The highest BCUT2D eigenvalue weighted by Gasteiger charge is 2.01. The molecule has 1 N–H and O–H groups in total. The van der Waals surface area contributed by atoms with Crippen LogP contribution in [0.25, 0.3) is 0 Å². The first-order chi connectivity index (χ1) is 7.11. The molecule has 80 valence electrons.